The number of hydrogen-bond acceptors (Lipinski definition) is 4. The van der Waals surface area contributed by atoms with Crippen LogP contribution in [0, 0.1) is 0 Å². The Kier molecular flexibility index (Phi) is 3.63. The summed E-state index contributed by atoms with van der Waals surface area (Å²) in [4.78, 5) is 18.5. The summed E-state index contributed by atoms with van der Waals surface area (Å²) < 4.78 is 46.0. The Hall–Kier alpha value is -3.10. The van der Waals surface area contributed by atoms with Crippen molar-refractivity contribution in [3.05, 3.63) is 48.0 Å². The van der Waals surface area contributed by atoms with E-state index in [1.54, 1.807) is 0 Å². The van der Waals surface area contributed by atoms with Gasteiger partial charge in [0.05, 0.1) is 30.0 Å². The van der Waals surface area contributed by atoms with Crippen LogP contribution in [0.2, 0.25) is 0 Å². The molecule has 9 heteroatoms. The summed E-state index contributed by atoms with van der Waals surface area (Å²) in [5.41, 5.74) is 5.52. The van der Waals surface area contributed by atoms with Crippen LogP contribution in [0.3, 0.4) is 0 Å². The van der Waals surface area contributed by atoms with Gasteiger partial charge in [-0.1, -0.05) is 0 Å². The van der Waals surface area contributed by atoms with Crippen LogP contribution in [0.4, 0.5) is 13.2 Å². The van der Waals surface area contributed by atoms with Crippen molar-refractivity contribution in [2.45, 2.75) is 6.18 Å². The maximum absolute atomic E-state index is 13.4. The number of rotatable bonds is 3. The monoisotopic (exact) mass is 336 g/mol. The van der Waals surface area contributed by atoms with Crippen molar-refractivity contribution in [3.63, 3.8) is 0 Å². The first kappa shape index (κ1) is 15.8. The fraction of sp³-hybridized carbons (Fsp3) is 0.133. The number of fused-ring (bicyclic) bond motifs is 1. The molecule has 0 aliphatic rings. The standard InChI is InChI=1S/C15H11F3N4O2/c1-24-9-3-5-12-11(6-9)21-14(15(16,17)18)22(12)8-2-4-10(13(19)23)20-7-8/h2-7H,1H3,(H2,19,23). The van der Waals surface area contributed by atoms with Crippen LogP contribution in [0.15, 0.2) is 36.5 Å². The number of alkyl halides is 3. The molecule has 0 aliphatic heterocycles. The Morgan fingerprint density at radius 3 is 2.54 bits per heavy atom. The van der Waals surface area contributed by atoms with Gasteiger partial charge in [-0.2, -0.15) is 13.2 Å². The predicted octanol–water partition coefficient (Wildman–Crippen LogP) is 2.55. The molecule has 3 rings (SSSR count). The van der Waals surface area contributed by atoms with E-state index in [4.69, 9.17) is 10.5 Å². The number of halogens is 3. The van der Waals surface area contributed by atoms with Gasteiger partial charge in [-0.3, -0.25) is 9.36 Å². The third-order valence-corrected chi connectivity index (χ3v) is 3.37. The van der Waals surface area contributed by atoms with Gasteiger partial charge < -0.3 is 10.5 Å². The van der Waals surface area contributed by atoms with Gasteiger partial charge in [-0.05, 0) is 24.3 Å². The lowest BCUT2D eigenvalue weighted by Gasteiger charge is -2.11. The maximum atomic E-state index is 13.4. The zero-order valence-electron chi connectivity index (χ0n) is 12.3. The molecule has 0 aliphatic carbocycles. The third kappa shape index (κ3) is 2.64. The second-order valence-corrected chi connectivity index (χ2v) is 4.89. The van der Waals surface area contributed by atoms with Gasteiger partial charge in [0.2, 0.25) is 5.82 Å². The first-order chi connectivity index (χ1) is 11.3. The highest BCUT2D eigenvalue weighted by Gasteiger charge is 2.38. The van der Waals surface area contributed by atoms with Crippen molar-refractivity contribution >= 4 is 16.9 Å². The van der Waals surface area contributed by atoms with Crippen LogP contribution >= 0.6 is 0 Å². The smallest absolute Gasteiger partial charge is 0.450 e. The van der Waals surface area contributed by atoms with Crippen LogP contribution in [-0.4, -0.2) is 27.6 Å². The topological polar surface area (TPSA) is 83.0 Å². The first-order valence-corrected chi connectivity index (χ1v) is 6.71. The van der Waals surface area contributed by atoms with Crippen LogP contribution in [0.5, 0.6) is 5.75 Å². The average molecular weight is 336 g/mol. The summed E-state index contributed by atoms with van der Waals surface area (Å²) in [5.74, 6) is -1.47. The predicted molar refractivity (Wildman–Crippen MR) is 78.9 cm³/mol. The summed E-state index contributed by atoms with van der Waals surface area (Å²) in [5, 5.41) is 0. The summed E-state index contributed by atoms with van der Waals surface area (Å²) in [6.45, 7) is 0. The molecule has 2 N–H and O–H groups in total. The number of imidazole rings is 1. The van der Waals surface area contributed by atoms with Crippen molar-refractivity contribution in [3.8, 4) is 11.4 Å². The van der Waals surface area contributed by atoms with E-state index in [-0.39, 0.29) is 22.4 Å². The van der Waals surface area contributed by atoms with E-state index in [2.05, 4.69) is 9.97 Å². The molecule has 2 aromatic heterocycles. The normalized spacial score (nSPS) is 11.7. The molecule has 0 unspecified atom stereocenters. The minimum absolute atomic E-state index is 0.0431. The maximum Gasteiger partial charge on any atom is 0.450 e. The Morgan fingerprint density at radius 1 is 1.25 bits per heavy atom. The summed E-state index contributed by atoms with van der Waals surface area (Å²) in [7, 11) is 1.41. The fourth-order valence-electron chi connectivity index (χ4n) is 2.30. The lowest BCUT2D eigenvalue weighted by Crippen LogP contribution is -2.15. The molecule has 1 amide bonds. The molecule has 124 valence electrons. The molecule has 0 fully saturated rings. The van der Waals surface area contributed by atoms with Gasteiger partial charge >= 0.3 is 6.18 Å². The number of carbonyl (C=O) groups is 1. The van der Waals surface area contributed by atoms with Gasteiger partial charge in [-0.25, -0.2) is 9.97 Å². The SMILES string of the molecule is COc1ccc2c(c1)nc(C(F)(F)F)n2-c1ccc(C(N)=O)nc1. The van der Waals surface area contributed by atoms with Crippen molar-refractivity contribution in [1.29, 1.82) is 0 Å². The Morgan fingerprint density at radius 2 is 2.00 bits per heavy atom. The number of pyridine rings is 1. The Balaban J connectivity index is 2.26. The summed E-state index contributed by atoms with van der Waals surface area (Å²) >= 11 is 0. The third-order valence-electron chi connectivity index (χ3n) is 3.37. The van der Waals surface area contributed by atoms with Crippen LogP contribution in [0.1, 0.15) is 16.3 Å². The van der Waals surface area contributed by atoms with Gasteiger partial charge in [0.1, 0.15) is 11.4 Å². The van der Waals surface area contributed by atoms with E-state index in [1.807, 2.05) is 0 Å². The van der Waals surface area contributed by atoms with Gasteiger partial charge in [0.15, 0.2) is 0 Å². The van der Waals surface area contributed by atoms with E-state index in [0.717, 1.165) is 10.8 Å². The van der Waals surface area contributed by atoms with E-state index in [1.165, 1.54) is 37.4 Å². The van der Waals surface area contributed by atoms with Crippen molar-refractivity contribution in [2.75, 3.05) is 7.11 Å². The number of amides is 1. The number of carbonyl (C=O) groups excluding carboxylic acids is 1. The number of hydrogen-bond donors (Lipinski definition) is 1. The molecule has 6 nitrogen and oxygen atoms in total. The number of primary amides is 1. The number of ether oxygens (including phenoxy) is 1. The molecule has 2 heterocycles. The second kappa shape index (κ2) is 5.52. The minimum atomic E-state index is -4.67. The molecule has 1 aromatic carbocycles. The molecule has 0 bridgehead atoms. The molecule has 24 heavy (non-hydrogen) atoms. The Labute approximate surface area is 133 Å². The number of aromatic nitrogens is 3. The zero-order valence-corrected chi connectivity index (χ0v) is 12.3. The van der Waals surface area contributed by atoms with Crippen molar-refractivity contribution < 1.29 is 22.7 Å². The first-order valence-electron chi connectivity index (χ1n) is 6.71. The van der Waals surface area contributed by atoms with Crippen molar-refractivity contribution in [2.24, 2.45) is 5.73 Å². The average Bonchev–Trinajstić information content (AvgIpc) is 2.93. The molecule has 0 saturated heterocycles. The van der Waals surface area contributed by atoms with Gasteiger partial charge in [0.25, 0.3) is 5.91 Å². The zero-order chi connectivity index (χ0) is 17.5. The van der Waals surface area contributed by atoms with E-state index >= 15 is 0 Å². The number of benzene rings is 1. The van der Waals surface area contributed by atoms with Crippen LogP contribution < -0.4 is 10.5 Å². The second-order valence-electron chi connectivity index (χ2n) is 4.89. The highest BCUT2D eigenvalue weighted by Crippen LogP contribution is 2.34. The summed E-state index contributed by atoms with van der Waals surface area (Å²) in [6.07, 6.45) is -3.53. The number of methoxy groups -OCH3 is 1. The molecule has 0 radical (unpaired) electrons. The number of nitrogens with two attached hydrogens (primary N) is 1. The van der Waals surface area contributed by atoms with Crippen LogP contribution in [0.25, 0.3) is 16.7 Å². The van der Waals surface area contributed by atoms with Crippen molar-refractivity contribution in [1.82, 2.24) is 14.5 Å². The molecule has 0 saturated carbocycles. The van der Waals surface area contributed by atoms with Gasteiger partial charge in [0, 0.05) is 6.07 Å². The lowest BCUT2D eigenvalue weighted by atomic mass is 10.2. The lowest BCUT2D eigenvalue weighted by molar-refractivity contribution is -0.145. The number of nitrogens with zero attached hydrogens (tertiary/aromatic N) is 3. The van der Waals surface area contributed by atoms with E-state index in [9.17, 15) is 18.0 Å². The van der Waals surface area contributed by atoms with Gasteiger partial charge in [-0.15, -0.1) is 0 Å². The highest BCUT2D eigenvalue weighted by atomic mass is 19.4. The largest absolute Gasteiger partial charge is 0.497 e. The molecule has 0 spiro atoms. The minimum Gasteiger partial charge on any atom is -0.497 e. The highest BCUT2D eigenvalue weighted by molar-refractivity contribution is 5.90. The molecular formula is C15H11F3N4O2. The van der Waals surface area contributed by atoms with Crippen LogP contribution in [-0.2, 0) is 6.18 Å². The quantitative estimate of drug-likeness (QED) is 0.797. The molecular weight excluding hydrogens is 325 g/mol. The molecule has 3 aromatic rings. The Bertz CT molecular complexity index is 917. The van der Waals surface area contributed by atoms with E-state index in [0.29, 0.717) is 5.75 Å². The van der Waals surface area contributed by atoms with E-state index < -0.39 is 17.9 Å². The molecule has 0 atom stereocenters. The summed E-state index contributed by atoms with van der Waals surface area (Å²) in [6, 6.07) is 7.00. The fourth-order valence-corrected chi connectivity index (χ4v) is 2.30.